The molecule has 0 N–H and O–H groups in total. The van der Waals surface area contributed by atoms with Gasteiger partial charge in [-0.25, -0.2) is 4.98 Å². The molecule has 0 fully saturated rings. The number of aromatic nitrogens is 2. The maximum absolute atomic E-state index is 13.3. The van der Waals surface area contributed by atoms with E-state index in [9.17, 15) is 4.79 Å². The van der Waals surface area contributed by atoms with Crippen molar-refractivity contribution in [1.82, 2.24) is 9.55 Å². The number of fused-ring (bicyclic) bond motifs is 1. The van der Waals surface area contributed by atoms with Crippen LogP contribution >= 0.6 is 11.3 Å². The Hall–Kier alpha value is -3.16. The van der Waals surface area contributed by atoms with Crippen molar-refractivity contribution in [2.75, 3.05) is 0 Å². The number of hydrogen-bond acceptors (Lipinski definition) is 3. The van der Waals surface area contributed by atoms with Gasteiger partial charge in [0, 0.05) is 17.4 Å². The first kappa shape index (κ1) is 18.2. The molecule has 0 aliphatic rings. The second kappa shape index (κ2) is 7.84. The average Bonchev–Trinajstić information content (AvgIpc) is 3.16. The zero-order chi connectivity index (χ0) is 19.5. The summed E-state index contributed by atoms with van der Waals surface area (Å²) in [6.07, 6.45) is 7.12. The molecule has 4 rings (SSSR count). The second-order valence-electron chi connectivity index (χ2n) is 6.67. The van der Waals surface area contributed by atoms with Crippen LogP contribution in [0.25, 0.3) is 21.3 Å². The molecule has 0 aliphatic heterocycles. The Morgan fingerprint density at radius 2 is 1.82 bits per heavy atom. The first-order chi connectivity index (χ1) is 13.7. The molecule has 0 spiro atoms. The summed E-state index contributed by atoms with van der Waals surface area (Å²) in [6.45, 7) is 2.35. The van der Waals surface area contributed by atoms with E-state index in [0.717, 1.165) is 27.9 Å². The number of hydrogen-bond donors (Lipinski definition) is 0. The van der Waals surface area contributed by atoms with Crippen LogP contribution in [0.3, 0.4) is 0 Å². The van der Waals surface area contributed by atoms with E-state index in [1.54, 1.807) is 4.57 Å². The van der Waals surface area contributed by atoms with E-state index >= 15 is 0 Å². The lowest BCUT2D eigenvalue weighted by Gasteiger charge is -2.11. The predicted molar refractivity (Wildman–Crippen MR) is 117 cm³/mol. The molecule has 0 radical (unpaired) electrons. The molecule has 2 heterocycles. The Kier molecular flexibility index (Phi) is 5.10. The quantitative estimate of drug-likeness (QED) is 0.458. The Balaban J connectivity index is 1.87. The van der Waals surface area contributed by atoms with Crippen LogP contribution in [0.5, 0.6) is 0 Å². The molecule has 0 aliphatic carbocycles. The standard InChI is InChI=1S/C24H20N2OS/c1-3-14-26-21(15-18-8-6-5-7-9-18)25-23-22(24(26)27)20(16-28-23)19-12-10-17(4-2)11-13-19/h1,5-13,16H,4,14-15H2,2H3. The lowest BCUT2D eigenvalue weighted by atomic mass is 10.0. The van der Waals surface area contributed by atoms with Crippen LogP contribution in [0.4, 0.5) is 0 Å². The van der Waals surface area contributed by atoms with Crippen molar-refractivity contribution in [3.05, 3.63) is 87.3 Å². The zero-order valence-corrected chi connectivity index (χ0v) is 16.5. The van der Waals surface area contributed by atoms with Gasteiger partial charge in [-0.15, -0.1) is 17.8 Å². The number of terminal acetylenes is 1. The summed E-state index contributed by atoms with van der Waals surface area (Å²) in [6, 6.07) is 18.4. The highest BCUT2D eigenvalue weighted by Crippen LogP contribution is 2.31. The molecular formula is C24H20N2OS. The molecule has 28 heavy (non-hydrogen) atoms. The normalized spacial score (nSPS) is 10.9. The third kappa shape index (κ3) is 3.37. The SMILES string of the molecule is C#CCn1c(Cc2ccccc2)nc2scc(-c3ccc(CC)cc3)c2c1=O. The highest BCUT2D eigenvalue weighted by atomic mass is 32.1. The van der Waals surface area contributed by atoms with Crippen molar-refractivity contribution in [3.63, 3.8) is 0 Å². The van der Waals surface area contributed by atoms with Crippen molar-refractivity contribution in [1.29, 1.82) is 0 Å². The predicted octanol–water partition coefficient (Wildman–Crippen LogP) is 4.91. The monoisotopic (exact) mass is 384 g/mol. The summed E-state index contributed by atoms with van der Waals surface area (Å²) >= 11 is 1.51. The third-order valence-electron chi connectivity index (χ3n) is 4.90. The van der Waals surface area contributed by atoms with E-state index in [-0.39, 0.29) is 12.1 Å². The second-order valence-corrected chi connectivity index (χ2v) is 7.52. The van der Waals surface area contributed by atoms with Gasteiger partial charge < -0.3 is 0 Å². The maximum Gasteiger partial charge on any atom is 0.263 e. The summed E-state index contributed by atoms with van der Waals surface area (Å²) in [7, 11) is 0. The lowest BCUT2D eigenvalue weighted by Crippen LogP contribution is -2.25. The fraction of sp³-hybridized carbons (Fsp3) is 0.167. The number of benzene rings is 2. The Labute approximate surface area is 168 Å². The van der Waals surface area contributed by atoms with Crippen LogP contribution in [0.15, 0.2) is 64.8 Å². The smallest absolute Gasteiger partial charge is 0.263 e. The van der Waals surface area contributed by atoms with E-state index in [1.807, 2.05) is 35.7 Å². The molecule has 138 valence electrons. The Morgan fingerprint density at radius 1 is 1.07 bits per heavy atom. The van der Waals surface area contributed by atoms with E-state index in [1.165, 1.54) is 16.9 Å². The van der Waals surface area contributed by atoms with Crippen molar-refractivity contribution in [3.8, 4) is 23.5 Å². The minimum absolute atomic E-state index is 0.0651. The van der Waals surface area contributed by atoms with E-state index < -0.39 is 0 Å². The number of rotatable bonds is 5. The van der Waals surface area contributed by atoms with Crippen LogP contribution in [-0.2, 0) is 19.4 Å². The van der Waals surface area contributed by atoms with Gasteiger partial charge >= 0.3 is 0 Å². The minimum Gasteiger partial charge on any atom is -0.284 e. The molecule has 2 aromatic heterocycles. The number of aryl methyl sites for hydroxylation is 1. The van der Waals surface area contributed by atoms with Crippen molar-refractivity contribution in [2.45, 2.75) is 26.3 Å². The average molecular weight is 385 g/mol. The van der Waals surface area contributed by atoms with Gasteiger partial charge in [0.2, 0.25) is 0 Å². The van der Waals surface area contributed by atoms with Crippen LogP contribution in [0.2, 0.25) is 0 Å². The number of thiophene rings is 1. The lowest BCUT2D eigenvalue weighted by molar-refractivity contribution is 0.721. The fourth-order valence-electron chi connectivity index (χ4n) is 3.37. The summed E-state index contributed by atoms with van der Waals surface area (Å²) < 4.78 is 1.63. The molecule has 0 unspecified atom stereocenters. The first-order valence-corrected chi connectivity index (χ1v) is 10.2. The zero-order valence-electron chi connectivity index (χ0n) is 15.7. The molecule has 0 bridgehead atoms. The van der Waals surface area contributed by atoms with Gasteiger partial charge in [0.1, 0.15) is 10.7 Å². The van der Waals surface area contributed by atoms with Gasteiger partial charge in [-0.2, -0.15) is 0 Å². The molecule has 0 amide bonds. The van der Waals surface area contributed by atoms with Gasteiger partial charge in [0.05, 0.1) is 11.9 Å². The van der Waals surface area contributed by atoms with Crippen molar-refractivity contribution in [2.24, 2.45) is 0 Å². The largest absolute Gasteiger partial charge is 0.284 e. The molecule has 0 atom stereocenters. The number of nitrogens with zero attached hydrogens (tertiary/aromatic N) is 2. The van der Waals surface area contributed by atoms with E-state index in [0.29, 0.717) is 17.6 Å². The van der Waals surface area contributed by atoms with Gasteiger partial charge in [0.15, 0.2) is 0 Å². The molecule has 3 nitrogen and oxygen atoms in total. The van der Waals surface area contributed by atoms with Crippen molar-refractivity contribution < 1.29 is 0 Å². The minimum atomic E-state index is -0.0651. The molecule has 4 heteroatoms. The summed E-state index contributed by atoms with van der Waals surface area (Å²) in [5.74, 6) is 3.31. The summed E-state index contributed by atoms with van der Waals surface area (Å²) in [5, 5.41) is 2.67. The van der Waals surface area contributed by atoms with E-state index in [2.05, 4.69) is 37.1 Å². The molecule has 4 aromatic rings. The summed E-state index contributed by atoms with van der Waals surface area (Å²) in [5.41, 5.74) is 4.27. The van der Waals surface area contributed by atoms with Crippen LogP contribution in [0, 0.1) is 12.3 Å². The molecule has 0 saturated heterocycles. The van der Waals surface area contributed by atoms with Gasteiger partial charge in [0.25, 0.3) is 5.56 Å². The fourth-order valence-corrected chi connectivity index (χ4v) is 4.32. The molecule has 0 saturated carbocycles. The van der Waals surface area contributed by atoms with Gasteiger partial charge in [-0.05, 0) is 23.1 Å². The maximum atomic E-state index is 13.3. The Bertz CT molecular complexity index is 1210. The third-order valence-corrected chi connectivity index (χ3v) is 5.77. The van der Waals surface area contributed by atoms with Gasteiger partial charge in [-0.3, -0.25) is 9.36 Å². The van der Waals surface area contributed by atoms with Crippen LogP contribution in [0.1, 0.15) is 23.9 Å². The van der Waals surface area contributed by atoms with Crippen LogP contribution in [-0.4, -0.2) is 9.55 Å². The molecular weight excluding hydrogens is 364 g/mol. The summed E-state index contributed by atoms with van der Waals surface area (Å²) in [4.78, 5) is 18.9. The van der Waals surface area contributed by atoms with Crippen LogP contribution < -0.4 is 5.56 Å². The molecule has 2 aromatic carbocycles. The van der Waals surface area contributed by atoms with Gasteiger partial charge in [-0.1, -0.05) is 67.4 Å². The van der Waals surface area contributed by atoms with E-state index in [4.69, 9.17) is 11.4 Å². The highest BCUT2D eigenvalue weighted by molar-refractivity contribution is 7.17. The topological polar surface area (TPSA) is 34.9 Å². The Morgan fingerprint density at radius 3 is 2.50 bits per heavy atom. The highest BCUT2D eigenvalue weighted by Gasteiger charge is 2.17. The van der Waals surface area contributed by atoms with Crippen molar-refractivity contribution >= 4 is 21.6 Å². The first-order valence-electron chi connectivity index (χ1n) is 9.29.